The molecule has 1 heterocycles. The van der Waals surface area contributed by atoms with E-state index in [4.69, 9.17) is 37.1 Å². The molecule has 0 aliphatic rings. The molecule has 0 unspecified atom stereocenters. The molecule has 0 spiro atoms. The summed E-state index contributed by atoms with van der Waals surface area (Å²) in [5.74, 6) is 1.42. The maximum Gasteiger partial charge on any atom is 0.254 e. The highest BCUT2D eigenvalue weighted by Crippen LogP contribution is 2.28. The molecule has 3 aromatic rings. The van der Waals surface area contributed by atoms with E-state index in [9.17, 15) is 9.59 Å². The summed E-state index contributed by atoms with van der Waals surface area (Å²) in [6.45, 7) is 4.34. The Morgan fingerprint density at radius 2 is 1.72 bits per heavy atom. The van der Waals surface area contributed by atoms with Gasteiger partial charge in [0.05, 0.1) is 37.1 Å². The summed E-state index contributed by atoms with van der Waals surface area (Å²) in [6.07, 6.45) is 2.15. The second-order valence-electron chi connectivity index (χ2n) is 8.49. The Morgan fingerprint density at radius 1 is 0.972 bits per heavy atom. The number of hydrogen-bond donors (Lipinski definition) is 0. The van der Waals surface area contributed by atoms with Crippen LogP contribution in [0.15, 0.2) is 59.2 Å². The standard InChI is InChI=1S/C27H30Cl2N2O5/c1-18(2)31(27(33)20-8-9-22(28)23(29)15-20)17-26(32)30(16-21-6-5-13-36-21)12-11-19-7-10-24(34-3)25(14-19)35-4/h5-10,13-15,18H,11-12,16-17H2,1-4H3. The average Bonchev–Trinajstić information content (AvgIpc) is 3.39. The predicted octanol–water partition coefficient (Wildman–Crippen LogP) is 5.73. The van der Waals surface area contributed by atoms with Gasteiger partial charge in [-0.2, -0.15) is 0 Å². The predicted molar refractivity (Wildman–Crippen MR) is 140 cm³/mol. The van der Waals surface area contributed by atoms with Crippen molar-refractivity contribution in [2.24, 2.45) is 0 Å². The smallest absolute Gasteiger partial charge is 0.254 e. The van der Waals surface area contributed by atoms with E-state index < -0.39 is 0 Å². The Bertz CT molecular complexity index is 1180. The van der Waals surface area contributed by atoms with Gasteiger partial charge in [0.1, 0.15) is 12.3 Å². The summed E-state index contributed by atoms with van der Waals surface area (Å²) >= 11 is 12.1. The van der Waals surface area contributed by atoms with Crippen molar-refractivity contribution in [2.45, 2.75) is 32.9 Å². The zero-order valence-electron chi connectivity index (χ0n) is 20.8. The molecule has 2 aromatic carbocycles. The van der Waals surface area contributed by atoms with Crippen molar-refractivity contribution in [3.8, 4) is 11.5 Å². The zero-order valence-corrected chi connectivity index (χ0v) is 22.3. The molecule has 0 radical (unpaired) electrons. The Balaban J connectivity index is 1.78. The number of halogens is 2. The van der Waals surface area contributed by atoms with Gasteiger partial charge < -0.3 is 23.7 Å². The summed E-state index contributed by atoms with van der Waals surface area (Å²) in [5, 5.41) is 0.645. The minimum Gasteiger partial charge on any atom is -0.493 e. The van der Waals surface area contributed by atoms with Gasteiger partial charge in [-0.15, -0.1) is 0 Å². The van der Waals surface area contributed by atoms with E-state index in [0.717, 1.165) is 5.56 Å². The Morgan fingerprint density at radius 3 is 2.33 bits per heavy atom. The molecule has 0 aliphatic heterocycles. The van der Waals surface area contributed by atoms with Crippen molar-refractivity contribution < 1.29 is 23.5 Å². The molecule has 0 aliphatic carbocycles. The third kappa shape index (κ3) is 6.95. The molecule has 0 saturated heterocycles. The molecule has 0 saturated carbocycles. The normalized spacial score (nSPS) is 10.9. The van der Waals surface area contributed by atoms with Crippen molar-refractivity contribution in [1.29, 1.82) is 0 Å². The van der Waals surface area contributed by atoms with E-state index in [2.05, 4.69) is 0 Å². The van der Waals surface area contributed by atoms with Crippen LogP contribution in [0.2, 0.25) is 10.0 Å². The molecule has 3 rings (SSSR count). The molecule has 7 nitrogen and oxygen atoms in total. The first-order valence-corrected chi connectivity index (χ1v) is 12.3. The van der Waals surface area contributed by atoms with Crippen LogP contribution in [0.3, 0.4) is 0 Å². The number of hydrogen-bond acceptors (Lipinski definition) is 5. The van der Waals surface area contributed by atoms with Gasteiger partial charge in [-0.1, -0.05) is 29.3 Å². The van der Waals surface area contributed by atoms with Gasteiger partial charge >= 0.3 is 0 Å². The van der Waals surface area contributed by atoms with E-state index in [1.165, 1.54) is 11.0 Å². The summed E-state index contributed by atoms with van der Waals surface area (Å²) < 4.78 is 16.2. The largest absolute Gasteiger partial charge is 0.493 e. The van der Waals surface area contributed by atoms with Gasteiger partial charge in [-0.3, -0.25) is 9.59 Å². The third-order valence-corrected chi connectivity index (χ3v) is 6.49. The van der Waals surface area contributed by atoms with Gasteiger partial charge in [0.2, 0.25) is 5.91 Å². The van der Waals surface area contributed by atoms with Crippen molar-refractivity contribution in [2.75, 3.05) is 27.3 Å². The fraction of sp³-hybridized carbons (Fsp3) is 0.333. The van der Waals surface area contributed by atoms with Crippen LogP contribution >= 0.6 is 23.2 Å². The molecule has 36 heavy (non-hydrogen) atoms. The van der Waals surface area contributed by atoms with Crippen LogP contribution in [0.1, 0.15) is 35.5 Å². The van der Waals surface area contributed by atoms with Gasteiger partial charge in [0.15, 0.2) is 11.5 Å². The average molecular weight is 533 g/mol. The molecular formula is C27H30Cl2N2O5. The number of nitrogens with zero attached hydrogens (tertiary/aromatic N) is 2. The first kappa shape index (κ1) is 27.4. The lowest BCUT2D eigenvalue weighted by atomic mass is 10.1. The molecule has 1 aromatic heterocycles. The molecule has 2 amide bonds. The van der Waals surface area contributed by atoms with Gasteiger partial charge in [0.25, 0.3) is 5.91 Å². The Labute approximate surface area is 221 Å². The quantitative estimate of drug-likeness (QED) is 0.315. The molecule has 0 fully saturated rings. The van der Waals surface area contributed by atoms with Crippen LogP contribution in [0.25, 0.3) is 0 Å². The lowest BCUT2D eigenvalue weighted by molar-refractivity contribution is -0.133. The Kier molecular flexibility index (Phi) is 9.67. The fourth-order valence-electron chi connectivity index (χ4n) is 3.71. The van der Waals surface area contributed by atoms with Crippen molar-refractivity contribution in [3.63, 3.8) is 0 Å². The second-order valence-corrected chi connectivity index (χ2v) is 9.30. The van der Waals surface area contributed by atoms with Crippen LogP contribution in [-0.2, 0) is 17.8 Å². The Hall–Kier alpha value is -3.16. The van der Waals surface area contributed by atoms with Gasteiger partial charge in [-0.05, 0) is 68.3 Å². The number of amides is 2. The summed E-state index contributed by atoms with van der Waals surface area (Å²) in [4.78, 5) is 29.9. The van der Waals surface area contributed by atoms with Crippen LogP contribution < -0.4 is 9.47 Å². The van der Waals surface area contributed by atoms with E-state index in [1.54, 1.807) is 43.6 Å². The minimum atomic E-state index is -0.297. The molecule has 0 atom stereocenters. The van der Waals surface area contributed by atoms with Crippen LogP contribution in [-0.4, -0.2) is 55.0 Å². The maximum atomic E-state index is 13.5. The summed E-state index contributed by atoms with van der Waals surface area (Å²) in [5.41, 5.74) is 1.35. The molecule has 192 valence electrons. The van der Waals surface area contributed by atoms with E-state index in [1.807, 2.05) is 38.1 Å². The van der Waals surface area contributed by atoms with Crippen molar-refractivity contribution in [1.82, 2.24) is 9.80 Å². The lowest BCUT2D eigenvalue weighted by Gasteiger charge is -2.30. The topological polar surface area (TPSA) is 72.2 Å². The first-order chi connectivity index (χ1) is 17.2. The number of carbonyl (C=O) groups excluding carboxylic acids is 2. The molecule has 0 bridgehead atoms. The maximum absolute atomic E-state index is 13.5. The number of methoxy groups -OCH3 is 2. The first-order valence-electron chi connectivity index (χ1n) is 11.5. The third-order valence-electron chi connectivity index (χ3n) is 5.75. The van der Waals surface area contributed by atoms with Gasteiger partial charge in [-0.25, -0.2) is 0 Å². The molecular weight excluding hydrogens is 503 g/mol. The summed E-state index contributed by atoms with van der Waals surface area (Å²) in [7, 11) is 3.17. The van der Waals surface area contributed by atoms with Crippen molar-refractivity contribution in [3.05, 3.63) is 81.7 Å². The van der Waals surface area contributed by atoms with Crippen molar-refractivity contribution >= 4 is 35.0 Å². The van der Waals surface area contributed by atoms with E-state index >= 15 is 0 Å². The van der Waals surface area contributed by atoms with Crippen LogP contribution in [0.5, 0.6) is 11.5 Å². The van der Waals surface area contributed by atoms with Crippen LogP contribution in [0, 0.1) is 0 Å². The number of benzene rings is 2. The van der Waals surface area contributed by atoms with Crippen LogP contribution in [0.4, 0.5) is 0 Å². The second kappa shape index (κ2) is 12.7. The highest BCUT2D eigenvalue weighted by molar-refractivity contribution is 6.42. The highest BCUT2D eigenvalue weighted by Gasteiger charge is 2.25. The number of ether oxygens (including phenoxy) is 2. The molecule has 0 N–H and O–H groups in total. The minimum absolute atomic E-state index is 0.0939. The monoisotopic (exact) mass is 532 g/mol. The van der Waals surface area contributed by atoms with E-state index in [-0.39, 0.29) is 36.0 Å². The summed E-state index contributed by atoms with van der Waals surface area (Å²) in [6, 6.07) is 13.7. The lowest BCUT2D eigenvalue weighted by Crippen LogP contribution is -2.46. The SMILES string of the molecule is COc1ccc(CCN(Cc2ccco2)C(=O)CN(C(=O)c2ccc(Cl)c(Cl)c2)C(C)C)cc1OC. The van der Waals surface area contributed by atoms with E-state index in [0.29, 0.717) is 40.8 Å². The number of carbonyl (C=O) groups is 2. The fourth-order valence-corrected chi connectivity index (χ4v) is 4.01. The highest BCUT2D eigenvalue weighted by atomic mass is 35.5. The van der Waals surface area contributed by atoms with Gasteiger partial charge in [0, 0.05) is 18.2 Å². The number of furan rings is 1. The number of rotatable bonds is 11. The zero-order chi connectivity index (χ0) is 26.2. The molecule has 9 heteroatoms.